The molecule has 2 N–H and O–H groups in total. The van der Waals surface area contributed by atoms with E-state index < -0.39 is 14.8 Å². The molecule has 0 heterocycles. The fourth-order valence-corrected chi connectivity index (χ4v) is 4.03. The van der Waals surface area contributed by atoms with Gasteiger partial charge in [0.1, 0.15) is 0 Å². The van der Waals surface area contributed by atoms with Gasteiger partial charge in [-0.15, -0.1) is 0 Å². The molecule has 0 aliphatic heterocycles. The quantitative estimate of drug-likeness (QED) is 0.815. The third-order valence-electron chi connectivity index (χ3n) is 4.93. The van der Waals surface area contributed by atoms with Crippen LogP contribution in [-0.2, 0) is 16.4 Å². The van der Waals surface area contributed by atoms with Gasteiger partial charge in [-0.05, 0) is 76.5 Å². The second kappa shape index (κ2) is 7.87. The summed E-state index contributed by atoms with van der Waals surface area (Å²) >= 11 is 0. The van der Waals surface area contributed by atoms with Crippen molar-refractivity contribution >= 4 is 15.7 Å². The predicted octanol–water partition coefficient (Wildman–Crippen LogP) is 3.94. The van der Waals surface area contributed by atoms with Gasteiger partial charge >= 0.3 is 0 Å². The Morgan fingerprint density at radius 1 is 1.04 bits per heavy atom. The van der Waals surface area contributed by atoms with Gasteiger partial charge in [0, 0.05) is 18.3 Å². The molecule has 1 aromatic rings. The van der Waals surface area contributed by atoms with Crippen LogP contribution in [0.5, 0.6) is 0 Å². The summed E-state index contributed by atoms with van der Waals surface area (Å²) in [5.41, 5.74) is 2.52. The first-order valence-electron chi connectivity index (χ1n) is 9.06. The molecule has 5 heteroatoms. The van der Waals surface area contributed by atoms with Gasteiger partial charge in [0.2, 0.25) is 10.0 Å². The third-order valence-corrected chi connectivity index (χ3v) is 7.19. The summed E-state index contributed by atoms with van der Waals surface area (Å²) in [4.78, 5) is 0. The zero-order valence-electron chi connectivity index (χ0n) is 15.4. The Bertz CT molecular complexity index is 610. The van der Waals surface area contributed by atoms with Crippen molar-refractivity contribution in [3.8, 4) is 0 Å². The number of nitrogens with one attached hydrogen (secondary N) is 2. The van der Waals surface area contributed by atoms with Crippen molar-refractivity contribution in [3.05, 3.63) is 29.8 Å². The average molecular weight is 353 g/mol. The standard InChI is InChI=1S/C19H32N2O2S/c1-5-15-6-10-17(11-7-15)20-14-16-8-12-18(13-9-16)21-24(22,23)19(2,3)4/h6-7,10-11,16,18,20-21H,5,8-9,12-14H2,1-4H3. The molecular formula is C19H32N2O2S. The first-order valence-corrected chi connectivity index (χ1v) is 10.5. The van der Waals surface area contributed by atoms with Crippen LogP contribution < -0.4 is 10.0 Å². The minimum absolute atomic E-state index is 0.0920. The van der Waals surface area contributed by atoms with Crippen LogP contribution in [-0.4, -0.2) is 25.8 Å². The minimum Gasteiger partial charge on any atom is -0.385 e. The maximum atomic E-state index is 12.2. The van der Waals surface area contributed by atoms with Crippen molar-refractivity contribution < 1.29 is 8.42 Å². The zero-order chi connectivity index (χ0) is 17.8. The summed E-state index contributed by atoms with van der Waals surface area (Å²) in [5, 5.41) is 3.51. The van der Waals surface area contributed by atoms with Crippen LogP contribution in [0.25, 0.3) is 0 Å². The number of hydrogen-bond donors (Lipinski definition) is 2. The molecule has 1 saturated carbocycles. The highest BCUT2D eigenvalue weighted by Gasteiger charge is 2.32. The lowest BCUT2D eigenvalue weighted by Gasteiger charge is -2.31. The van der Waals surface area contributed by atoms with E-state index in [4.69, 9.17) is 0 Å². The summed E-state index contributed by atoms with van der Waals surface area (Å²) in [6, 6.07) is 8.71. The zero-order valence-corrected chi connectivity index (χ0v) is 16.2. The first-order chi connectivity index (χ1) is 11.2. The molecule has 0 amide bonds. The van der Waals surface area contributed by atoms with Gasteiger partial charge in [0.15, 0.2) is 0 Å². The molecule has 0 spiro atoms. The van der Waals surface area contributed by atoms with Crippen LogP contribution in [0.4, 0.5) is 5.69 Å². The Hall–Kier alpha value is -1.07. The number of sulfonamides is 1. The molecule has 0 aromatic heterocycles. The fourth-order valence-electron chi connectivity index (χ4n) is 3.00. The highest BCUT2D eigenvalue weighted by atomic mass is 32.2. The molecule has 136 valence electrons. The van der Waals surface area contributed by atoms with Crippen LogP contribution >= 0.6 is 0 Å². The summed E-state index contributed by atoms with van der Waals surface area (Å²) in [6.07, 6.45) is 5.05. The lowest BCUT2D eigenvalue weighted by atomic mass is 9.86. The smallest absolute Gasteiger partial charge is 0.216 e. The van der Waals surface area contributed by atoms with E-state index in [2.05, 4.69) is 41.2 Å². The van der Waals surface area contributed by atoms with Crippen LogP contribution in [0.15, 0.2) is 24.3 Å². The SMILES string of the molecule is CCc1ccc(NCC2CCC(NS(=O)(=O)C(C)(C)C)CC2)cc1. The molecule has 2 rings (SSSR count). The number of benzene rings is 1. The third kappa shape index (κ3) is 5.21. The second-order valence-electron chi connectivity index (χ2n) is 7.88. The largest absolute Gasteiger partial charge is 0.385 e. The van der Waals surface area contributed by atoms with Crippen LogP contribution in [0.1, 0.15) is 58.9 Å². The number of hydrogen-bond acceptors (Lipinski definition) is 3. The van der Waals surface area contributed by atoms with Crippen molar-refractivity contribution in [2.45, 2.75) is 70.6 Å². The molecule has 0 unspecified atom stereocenters. The predicted molar refractivity (Wildman–Crippen MR) is 102 cm³/mol. The van der Waals surface area contributed by atoms with Gasteiger partial charge in [0.25, 0.3) is 0 Å². The van der Waals surface area contributed by atoms with Gasteiger partial charge < -0.3 is 5.32 Å². The van der Waals surface area contributed by atoms with E-state index in [0.717, 1.165) is 38.6 Å². The molecule has 0 atom stereocenters. The average Bonchev–Trinajstić information content (AvgIpc) is 2.53. The highest BCUT2D eigenvalue weighted by Crippen LogP contribution is 2.26. The lowest BCUT2D eigenvalue weighted by Crippen LogP contribution is -2.46. The number of aryl methyl sites for hydroxylation is 1. The minimum atomic E-state index is -3.24. The number of rotatable bonds is 6. The van der Waals surface area contributed by atoms with Crippen LogP contribution in [0.2, 0.25) is 0 Å². The van der Waals surface area contributed by atoms with Crippen molar-refractivity contribution in [1.29, 1.82) is 0 Å². The molecule has 1 aliphatic carbocycles. The normalized spacial score (nSPS) is 22.3. The number of anilines is 1. The van der Waals surface area contributed by atoms with Crippen molar-refractivity contribution in [2.24, 2.45) is 5.92 Å². The van der Waals surface area contributed by atoms with E-state index >= 15 is 0 Å². The lowest BCUT2D eigenvalue weighted by molar-refractivity contribution is 0.322. The van der Waals surface area contributed by atoms with Gasteiger partial charge in [-0.3, -0.25) is 0 Å². The Balaban J connectivity index is 1.76. The molecule has 0 bridgehead atoms. The monoisotopic (exact) mass is 352 g/mol. The van der Waals surface area contributed by atoms with Gasteiger partial charge in [-0.1, -0.05) is 19.1 Å². The summed E-state index contributed by atoms with van der Waals surface area (Å²) < 4.78 is 26.6. The van der Waals surface area contributed by atoms with Gasteiger partial charge in [-0.2, -0.15) is 0 Å². The molecule has 1 aliphatic rings. The van der Waals surface area contributed by atoms with E-state index in [1.165, 1.54) is 11.3 Å². The first kappa shape index (κ1) is 19.3. The van der Waals surface area contributed by atoms with E-state index in [-0.39, 0.29) is 6.04 Å². The van der Waals surface area contributed by atoms with E-state index in [1.807, 2.05) is 0 Å². The Labute approximate surface area is 147 Å². The summed E-state index contributed by atoms with van der Waals surface area (Å²) in [5.74, 6) is 0.617. The fraction of sp³-hybridized carbons (Fsp3) is 0.684. The van der Waals surface area contributed by atoms with Crippen molar-refractivity contribution in [2.75, 3.05) is 11.9 Å². The van der Waals surface area contributed by atoms with Gasteiger partial charge in [0.05, 0.1) is 4.75 Å². The topological polar surface area (TPSA) is 58.2 Å². The maximum absolute atomic E-state index is 12.2. The van der Waals surface area contributed by atoms with E-state index in [0.29, 0.717) is 5.92 Å². The van der Waals surface area contributed by atoms with Gasteiger partial charge in [-0.25, -0.2) is 13.1 Å². The molecule has 1 aromatic carbocycles. The van der Waals surface area contributed by atoms with Crippen molar-refractivity contribution in [1.82, 2.24) is 4.72 Å². The molecule has 0 radical (unpaired) electrons. The Kier molecular flexibility index (Phi) is 6.32. The molecular weight excluding hydrogens is 320 g/mol. The molecule has 1 fully saturated rings. The molecule has 24 heavy (non-hydrogen) atoms. The Morgan fingerprint density at radius 3 is 2.12 bits per heavy atom. The van der Waals surface area contributed by atoms with Crippen LogP contribution in [0, 0.1) is 5.92 Å². The van der Waals surface area contributed by atoms with Crippen LogP contribution in [0.3, 0.4) is 0 Å². The molecule has 0 saturated heterocycles. The van der Waals surface area contributed by atoms with E-state index in [1.54, 1.807) is 20.8 Å². The summed E-state index contributed by atoms with van der Waals surface area (Å²) in [7, 11) is -3.24. The Morgan fingerprint density at radius 2 is 1.62 bits per heavy atom. The van der Waals surface area contributed by atoms with Crippen molar-refractivity contribution in [3.63, 3.8) is 0 Å². The maximum Gasteiger partial charge on any atom is 0.216 e. The second-order valence-corrected chi connectivity index (χ2v) is 10.4. The van der Waals surface area contributed by atoms with E-state index in [9.17, 15) is 8.42 Å². The summed E-state index contributed by atoms with van der Waals surface area (Å²) in [6.45, 7) is 8.36. The highest BCUT2D eigenvalue weighted by molar-refractivity contribution is 7.90. The molecule has 4 nitrogen and oxygen atoms in total.